The van der Waals surface area contributed by atoms with Crippen molar-refractivity contribution in [2.45, 2.75) is 6.92 Å². The zero-order chi connectivity index (χ0) is 20.4. The maximum Gasteiger partial charge on any atom is 0.257 e. The van der Waals surface area contributed by atoms with Crippen molar-refractivity contribution in [3.8, 4) is 10.6 Å². The van der Waals surface area contributed by atoms with Gasteiger partial charge in [-0.2, -0.15) is 0 Å². The maximum atomic E-state index is 12.4. The number of halogens is 1. The fourth-order valence-corrected chi connectivity index (χ4v) is 4.38. The van der Waals surface area contributed by atoms with Crippen molar-refractivity contribution in [2.75, 3.05) is 5.32 Å². The van der Waals surface area contributed by atoms with Gasteiger partial charge in [0.25, 0.3) is 5.91 Å². The quantitative estimate of drug-likeness (QED) is 0.344. The molecule has 0 fully saturated rings. The summed E-state index contributed by atoms with van der Waals surface area (Å²) in [5.41, 5.74) is 4.29. The molecule has 0 bridgehead atoms. The van der Waals surface area contributed by atoms with Gasteiger partial charge in [0, 0.05) is 15.6 Å². The summed E-state index contributed by atoms with van der Waals surface area (Å²) in [5, 5.41) is 6.99. The van der Waals surface area contributed by atoms with Gasteiger partial charge < -0.3 is 5.32 Å². The van der Waals surface area contributed by atoms with E-state index in [1.807, 2.05) is 61.5 Å². The molecule has 1 amide bonds. The van der Waals surface area contributed by atoms with Crippen LogP contribution in [0.3, 0.4) is 0 Å². The average Bonchev–Trinajstić information content (AvgIpc) is 3.14. The smallest absolute Gasteiger partial charge is 0.257 e. The lowest BCUT2D eigenvalue weighted by atomic mass is 10.1. The number of nitrogens with one attached hydrogen (secondary N) is 2. The minimum atomic E-state index is -0.249. The standard InChI is InChI=1S/C22H16BrN3OS2/c1-13-6-8-14(9-7-13)20(27)26-22(28)25-17-11-10-15(23)12-16(17)21-24-18-4-2-3-5-19(18)29-21/h2-12H,1H3,(H2,25,26,27,28). The minimum Gasteiger partial charge on any atom is -0.332 e. The van der Waals surface area contributed by atoms with Crippen LogP contribution in [0.15, 0.2) is 71.2 Å². The number of carbonyl (C=O) groups is 1. The molecule has 144 valence electrons. The second kappa shape index (κ2) is 8.41. The number of fused-ring (bicyclic) bond motifs is 1. The number of anilines is 1. The van der Waals surface area contributed by atoms with Crippen molar-refractivity contribution in [3.05, 3.63) is 82.3 Å². The van der Waals surface area contributed by atoms with Crippen LogP contribution in [0.5, 0.6) is 0 Å². The molecular formula is C22H16BrN3OS2. The molecule has 0 aliphatic carbocycles. The summed E-state index contributed by atoms with van der Waals surface area (Å²) in [6.07, 6.45) is 0. The highest BCUT2D eigenvalue weighted by Crippen LogP contribution is 2.36. The molecule has 1 aromatic heterocycles. The molecule has 0 aliphatic rings. The van der Waals surface area contributed by atoms with E-state index < -0.39 is 0 Å². The summed E-state index contributed by atoms with van der Waals surface area (Å²) in [6, 6.07) is 21.2. The highest BCUT2D eigenvalue weighted by molar-refractivity contribution is 9.10. The first-order valence-corrected chi connectivity index (χ1v) is 10.9. The molecule has 4 rings (SSSR count). The van der Waals surface area contributed by atoms with Gasteiger partial charge >= 0.3 is 0 Å². The minimum absolute atomic E-state index is 0.236. The van der Waals surface area contributed by atoms with Crippen LogP contribution in [-0.2, 0) is 0 Å². The van der Waals surface area contributed by atoms with Gasteiger partial charge in [0.2, 0.25) is 0 Å². The van der Waals surface area contributed by atoms with Crippen LogP contribution in [0.25, 0.3) is 20.8 Å². The van der Waals surface area contributed by atoms with Crippen molar-refractivity contribution >= 4 is 66.4 Å². The maximum absolute atomic E-state index is 12.4. The Morgan fingerprint density at radius 3 is 2.59 bits per heavy atom. The van der Waals surface area contributed by atoms with E-state index in [0.29, 0.717) is 5.56 Å². The molecular weight excluding hydrogens is 466 g/mol. The number of hydrogen-bond donors (Lipinski definition) is 2. The number of hydrogen-bond acceptors (Lipinski definition) is 4. The predicted octanol–water partition coefficient (Wildman–Crippen LogP) is 6.16. The Kier molecular flexibility index (Phi) is 5.71. The van der Waals surface area contributed by atoms with E-state index in [1.165, 1.54) is 0 Å². The largest absolute Gasteiger partial charge is 0.332 e. The van der Waals surface area contributed by atoms with Gasteiger partial charge in [-0.05, 0) is 61.6 Å². The molecule has 4 nitrogen and oxygen atoms in total. The normalized spacial score (nSPS) is 10.7. The number of nitrogens with zero attached hydrogens (tertiary/aromatic N) is 1. The number of aryl methyl sites for hydroxylation is 1. The SMILES string of the molecule is Cc1ccc(C(=O)NC(=S)Nc2ccc(Br)cc2-c2nc3ccccc3s2)cc1. The summed E-state index contributed by atoms with van der Waals surface area (Å²) in [6.45, 7) is 1.98. The van der Waals surface area contributed by atoms with Crippen molar-refractivity contribution in [3.63, 3.8) is 0 Å². The Hall–Kier alpha value is -2.61. The molecule has 0 saturated carbocycles. The Morgan fingerprint density at radius 2 is 1.83 bits per heavy atom. The number of aromatic nitrogens is 1. The molecule has 2 N–H and O–H groups in total. The molecule has 0 saturated heterocycles. The van der Waals surface area contributed by atoms with Crippen LogP contribution >= 0.6 is 39.5 Å². The van der Waals surface area contributed by atoms with Crippen LogP contribution in [0, 0.1) is 6.92 Å². The Balaban J connectivity index is 1.58. The van der Waals surface area contributed by atoms with Crippen LogP contribution < -0.4 is 10.6 Å². The van der Waals surface area contributed by atoms with Gasteiger partial charge in [-0.1, -0.05) is 45.8 Å². The molecule has 0 unspecified atom stereocenters. The molecule has 0 atom stereocenters. The lowest BCUT2D eigenvalue weighted by Crippen LogP contribution is -2.34. The molecule has 4 aromatic rings. The fraction of sp³-hybridized carbons (Fsp3) is 0.0455. The third kappa shape index (κ3) is 4.53. The summed E-state index contributed by atoms with van der Waals surface area (Å²) in [5.74, 6) is -0.249. The molecule has 0 spiro atoms. The number of carbonyl (C=O) groups excluding carboxylic acids is 1. The zero-order valence-corrected chi connectivity index (χ0v) is 18.6. The van der Waals surface area contributed by atoms with Crippen molar-refractivity contribution in [1.82, 2.24) is 10.3 Å². The zero-order valence-electron chi connectivity index (χ0n) is 15.4. The fourth-order valence-electron chi connectivity index (χ4n) is 2.82. The lowest BCUT2D eigenvalue weighted by molar-refractivity contribution is 0.0977. The summed E-state index contributed by atoms with van der Waals surface area (Å²) >= 11 is 10.5. The van der Waals surface area contributed by atoms with Crippen LogP contribution in [0.1, 0.15) is 15.9 Å². The van der Waals surface area contributed by atoms with Gasteiger partial charge in [-0.3, -0.25) is 10.1 Å². The van der Waals surface area contributed by atoms with Gasteiger partial charge in [-0.25, -0.2) is 4.98 Å². The predicted molar refractivity (Wildman–Crippen MR) is 128 cm³/mol. The van der Waals surface area contributed by atoms with E-state index in [0.717, 1.165) is 36.5 Å². The first-order chi connectivity index (χ1) is 14.0. The number of thiocarbonyl (C=S) groups is 1. The van der Waals surface area contributed by atoms with Crippen LogP contribution in [0.2, 0.25) is 0 Å². The monoisotopic (exact) mass is 481 g/mol. The second-order valence-corrected chi connectivity index (χ2v) is 8.81. The van der Waals surface area contributed by atoms with E-state index in [2.05, 4.69) is 26.6 Å². The van der Waals surface area contributed by atoms with Crippen molar-refractivity contribution < 1.29 is 4.79 Å². The number of rotatable bonds is 3. The number of amides is 1. The molecule has 1 heterocycles. The third-order valence-corrected chi connectivity index (χ3v) is 6.06. The third-order valence-electron chi connectivity index (χ3n) is 4.29. The molecule has 3 aromatic carbocycles. The highest BCUT2D eigenvalue weighted by Gasteiger charge is 2.14. The number of benzene rings is 3. The van der Waals surface area contributed by atoms with Crippen LogP contribution in [-0.4, -0.2) is 16.0 Å². The summed E-state index contributed by atoms with van der Waals surface area (Å²) in [4.78, 5) is 17.2. The number of thiazole rings is 1. The van der Waals surface area contributed by atoms with Gasteiger partial charge in [0.05, 0.1) is 15.9 Å². The highest BCUT2D eigenvalue weighted by atomic mass is 79.9. The second-order valence-electron chi connectivity index (χ2n) is 6.45. The molecule has 29 heavy (non-hydrogen) atoms. The van der Waals surface area contributed by atoms with E-state index in [4.69, 9.17) is 17.2 Å². The lowest BCUT2D eigenvalue weighted by Gasteiger charge is -2.13. The molecule has 7 heteroatoms. The first-order valence-electron chi connectivity index (χ1n) is 8.84. The number of para-hydroxylation sites is 1. The summed E-state index contributed by atoms with van der Waals surface area (Å²) in [7, 11) is 0. The van der Waals surface area contributed by atoms with E-state index >= 15 is 0 Å². The molecule has 0 aliphatic heterocycles. The Morgan fingerprint density at radius 1 is 1.07 bits per heavy atom. The van der Waals surface area contributed by atoms with E-state index in [9.17, 15) is 4.79 Å². The van der Waals surface area contributed by atoms with E-state index in [1.54, 1.807) is 23.5 Å². The molecule has 0 radical (unpaired) electrons. The average molecular weight is 482 g/mol. The summed E-state index contributed by atoms with van der Waals surface area (Å²) < 4.78 is 2.05. The van der Waals surface area contributed by atoms with Crippen LogP contribution in [0.4, 0.5) is 5.69 Å². The first kappa shape index (κ1) is 19.7. The van der Waals surface area contributed by atoms with Gasteiger partial charge in [0.1, 0.15) is 5.01 Å². The Labute approximate surface area is 186 Å². The topological polar surface area (TPSA) is 54.0 Å². The van der Waals surface area contributed by atoms with Gasteiger partial charge in [-0.15, -0.1) is 11.3 Å². The van der Waals surface area contributed by atoms with E-state index in [-0.39, 0.29) is 11.0 Å². The van der Waals surface area contributed by atoms with Crippen molar-refractivity contribution in [2.24, 2.45) is 0 Å². The van der Waals surface area contributed by atoms with Crippen molar-refractivity contribution in [1.29, 1.82) is 0 Å². The Bertz CT molecular complexity index is 1190. The van der Waals surface area contributed by atoms with Gasteiger partial charge in [0.15, 0.2) is 5.11 Å².